The van der Waals surface area contributed by atoms with Crippen molar-refractivity contribution in [2.75, 3.05) is 5.32 Å². The Balaban J connectivity index is 1.81. The van der Waals surface area contributed by atoms with Gasteiger partial charge in [0.15, 0.2) is 0 Å². The van der Waals surface area contributed by atoms with Crippen molar-refractivity contribution in [1.29, 1.82) is 0 Å². The highest BCUT2D eigenvalue weighted by molar-refractivity contribution is 5.90. The first-order valence-corrected chi connectivity index (χ1v) is 8.95. The van der Waals surface area contributed by atoms with Crippen LogP contribution in [0.4, 0.5) is 11.4 Å². The highest BCUT2D eigenvalue weighted by Gasteiger charge is 2.12. The molecule has 8 nitrogen and oxygen atoms in total. The summed E-state index contributed by atoms with van der Waals surface area (Å²) in [6.45, 7) is 5.74. The lowest BCUT2D eigenvalue weighted by Gasteiger charge is -2.11. The quantitative estimate of drug-likeness (QED) is 0.529. The maximum absolute atomic E-state index is 12.3. The molecule has 3 aromatic rings. The van der Waals surface area contributed by atoms with Crippen molar-refractivity contribution in [3.05, 3.63) is 85.7 Å². The topological polar surface area (TPSA) is 107 Å². The van der Waals surface area contributed by atoms with Crippen molar-refractivity contribution in [2.24, 2.45) is 0 Å². The van der Waals surface area contributed by atoms with Gasteiger partial charge >= 0.3 is 0 Å². The number of non-ortho nitro benzene ring substituents is 1. The number of carbonyl (C=O) groups is 1. The molecule has 0 bridgehead atoms. The maximum Gasteiger partial charge on any atom is 0.269 e. The van der Waals surface area contributed by atoms with E-state index in [1.54, 1.807) is 6.07 Å². The van der Waals surface area contributed by atoms with Gasteiger partial charge in [-0.3, -0.25) is 19.7 Å². The van der Waals surface area contributed by atoms with Gasteiger partial charge in [-0.05, 0) is 61.7 Å². The fourth-order valence-corrected chi connectivity index (χ4v) is 2.95. The van der Waals surface area contributed by atoms with Crippen LogP contribution in [0, 0.1) is 30.9 Å². The molecule has 29 heavy (non-hydrogen) atoms. The van der Waals surface area contributed by atoms with Crippen LogP contribution in [0.15, 0.2) is 53.3 Å². The fraction of sp³-hybridized carbons (Fsp3) is 0.190. The Morgan fingerprint density at radius 1 is 1.03 bits per heavy atom. The predicted molar refractivity (Wildman–Crippen MR) is 110 cm³/mol. The van der Waals surface area contributed by atoms with Crippen LogP contribution in [-0.4, -0.2) is 20.6 Å². The van der Waals surface area contributed by atoms with E-state index < -0.39 is 16.4 Å². The number of anilines is 1. The van der Waals surface area contributed by atoms with Gasteiger partial charge in [0.25, 0.3) is 11.2 Å². The minimum atomic E-state index is -0.518. The standard InChI is InChI=1S/C21H20N4O4/c1-13-10-15(3)18(11-14(13)2)19-8-9-21(27)24(23-19)12-20(26)22-16-4-6-17(7-5-16)25(28)29/h4-11H,12H2,1-3H3,(H,22,26). The molecular weight excluding hydrogens is 372 g/mol. The second kappa shape index (κ2) is 8.05. The Kier molecular flexibility index (Phi) is 5.54. The number of aryl methyl sites for hydroxylation is 3. The van der Waals surface area contributed by atoms with Gasteiger partial charge in [0.2, 0.25) is 5.91 Å². The first-order chi connectivity index (χ1) is 13.7. The molecule has 0 saturated carbocycles. The van der Waals surface area contributed by atoms with Gasteiger partial charge < -0.3 is 5.32 Å². The molecule has 0 radical (unpaired) electrons. The van der Waals surface area contributed by atoms with Gasteiger partial charge in [-0.2, -0.15) is 5.10 Å². The number of carbonyl (C=O) groups excluding carboxylic acids is 1. The molecule has 0 unspecified atom stereocenters. The van der Waals surface area contributed by atoms with E-state index in [9.17, 15) is 19.7 Å². The summed E-state index contributed by atoms with van der Waals surface area (Å²) in [7, 11) is 0. The third-order valence-corrected chi connectivity index (χ3v) is 4.64. The number of nitrogens with zero attached hydrogens (tertiary/aromatic N) is 3. The van der Waals surface area contributed by atoms with Crippen LogP contribution >= 0.6 is 0 Å². The smallest absolute Gasteiger partial charge is 0.269 e. The van der Waals surface area contributed by atoms with Crippen LogP contribution in [0.5, 0.6) is 0 Å². The molecular formula is C21H20N4O4. The highest BCUT2D eigenvalue weighted by Crippen LogP contribution is 2.24. The van der Waals surface area contributed by atoms with E-state index in [2.05, 4.69) is 16.5 Å². The Hall–Kier alpha value is -3.81. The van der Waals surface area contributed by atoms with Crippen LogP contribution in [0.3, 0.4) is 0 Å². The van der Waals surface area contributed by atoms with Gasteiger partial charge in [-0.15, -0.1) is 0 Å². The summed E-state index contributed by atoms with van der Waals surface area (Å²) < 4.78 is 1.10. The summed E-state index contributed by atoms with van der Waals surface area (Å²) in [5.41, 5.74) is 4.75. The van der Waals surface area contributed by atoms with Gasteiger partial charge in [-0.1, -0.05) is 6.07 Å². The summed E-state index contributed by atoms with van der Waals surface area (Å²) in [6, 6.07) is 12.6. The third-order valence-electron chi connectivity index (χ3n) is 4.64. The molecule has 8 heteroatoms. The van der Waals surface area contributed by atoms with E-state index in [0.29, 0.717) is 11.4 Å². The number of rotatable bonds is 5. The van der Waals surface area contributed by atoms with Crippen molar-refractivity contribution < 1.29 is 9.72 Å². The number of aromatic nitrogens is 2. The minimum absolute atomic E-state index is 0.0719. The minimum Gasteiger partial charge on any atom is -0.324 e. The van der Waals surface area contributed by atoms with Crippen LogP contribution < -0.4 is 10.9 Å². The molecule has 1 N–H and O–H groups in total. The average molecular weight is 392 g/mol. The maximum atomic E-state index is 12.3. The first kappa shape index (κ1) is 19.9. The Bertz CT molecular complexity index is 1150. The van der Waals surface area contributed by atoms with Crippen LogP contribution in [0.25, 0.3) is 11.3 Å². The number of benzene rings is 2. The number of amides is 1. The fourth-order valence-electron chi connectivity index (χ4n) is 2.95. The van der Waals surface area contributed by atoms with E-state index in [0.717, 1.165) is 21.4 Å². The van der Waals surface area contributed by atoms with Crippen LogP contribution in [0.1, 0.15) is 16.7 Å². The van der Waals surface area contributed by atoms with Crippen molar-refractivity contribution in [3.63, 3.8) is 0 Å². The number of hydrogen-bond donors (Lipinski definition) is 1. The van der Waals surface area contributed by atoms with Gasteiger partial charge in [-0.25, -0.2) is 4.68 Å². The number of nitro groups is 1. The van der Waals surface area contributed by atoms with E-state index in [1.165, 1.54) is 35.9 Å². The van der Waals surface area contributed by atoms with E-state index in [4.69, 9.17) is 0 Å². The zero-order valence-corrected chi connectivity index (χ0v) is 16.3. The van der Waals surface area contributed by atoms with Gasteiger partial charge in [0.05, 0.1) is 10.6 Å². The SMILES string of the molecule is Cc1cc(C)c(-c2ccc(=O)n(CC(=O)Nc3ccc([N+](=O)[O-])cc3)n2)cc1C. The van der Waals surface area contributed by atoms with Crippen molar-refractivity contribution >= 4 is 17.3 Å². The van der Waals surface area contributed by atoms with Crippen molar-refractivity contribution in [2.45, 2.75) is 27.3 Å². The second-order valence-corrected chi connectivity index (χ2v) is 6.82. The molecule has 0 fully saturated rings. The zero-order valence-electron chi connectivity index (χ0n) is 16.3. The van der Waals surface area contributed by atoms with E-state index in [1.807, 2.05) is 26.8 Å². The van der Waals surface area contributed by atoms with Gasteiger partial charge in [0.1, 0.15) is 6.54 Å². The summed E-state index contributed by atoms with van der Waals surface area (Å²) in [5.74, 6) is -0.456. The van der Waals surface area contributed by atoms with E-state index in [-0.39, 0.29) is 12.2 Å². The summed E-state index contributed by atoms with van der Waals surface area (Å²) in [6.07, 6.45) is 0. The number of nitro benzene ring substituents is 1. The molecule has 1 heterocycles. The van der Waals surface area contributed by atoms with Crippen molar-refractivity contribution in [3.8, 4) is 11.3 Å². The Morgan fingerprint density at radius 2 is 1.69 bits per heavy atom. The van der Waals surface area contributed by atoms with E-state index >= 15 is 0 Å². The number of hydrogen-bond acceptors (Lipinski definition) is 5. The molecule has 0 aliphatic rings. The number of nitrogens with one attached hydrogen (secondary N) is 1. The molecule has 0 aliphatic carbocycles. The molecule has 0 spiro atoms. The molecule has 1 amide bonds. The van der Waals surface area contributed by atoms with Crippen molar-refractivity contribution in [1.82, 2.24) is 9.78 Å². The lowest BCUT2D eigenvalue weighted by molar-refractivity contribution is -0.384. The zero-order chi connectivity index (χ0) is 21.1. The summed E-state index contributed by atoms with van der Waals surface area (Å²) in [4.78, 5) is 34.7. The largest absolute Gasteiger partial charge is 0.324 e. The molecule has 0 atom stereocenters. The average Bonchev–Trinajstić information content (AvgIpc) is 2.67. The lowest BCUT2D eigenvalue weighted by Crippen LogP contribution is -2.29. The molecule has 0 aliphatic heterocycles. The lowest BCUT2D eigenvalue weighted by atomic mass is 9.99. The molecule has 2 aromatic carbocycles. The molecule has 0 saturated heterocycles. The highest BCUT2D eigenvalue weighted by atomic mass is 16.6. The molecule has 3 rings (SSSR count). The van der Waals surface area contributed by atoms with Crippen LogP contribution in [-0.2, 0) is 11.3 Å². The first-order valence-electron chi connectivity index (χ1n) is 8.95. The predicted octanol–water partition coefficient (Wildman–Crippen LogP) is 3.38. The Morgan fingerprint density at radius 3 is 2.34 bits per heavy atom. The normalized spacial score (nSPS) is 10.6. The van der Waals surface area contributed by atoms with Crippen LogP contribution in [0.2, 0.25) is 0 Å². The Labute approximate surface area is 167 Å². The second-order valence-electron chi connectivity index (χ2n) is 6.82. The molecule has 148 valence electrons. The molecule has 1 aromatic heterocycles. The monoisotopic (exact) mass is 392 g/mol. The summed E-state index contributed by atoms with van der Waals surface area (Å²) in [5, 5.41) is 17.7. The summed E-state index contributed by atoms with van der Waals surface area (Å²) >= 11 is 0. The third kappa shape index (κ3) is 4.55. The van der Waals surface area contributed by atoms with Gasteiger partial charge in [0, 0.05) is 29.4 Å².